The zero-order chi connectivity index (χ0) is 10.1. The van der Waals surface area contributed by atoms with Crippen LogP contribution in [0.15, 0.2) is 41.3 Å². The third kappa shape index (κ3) is 1.67. The fourth-order valence-electron chi connectivity index (χ4n) is 1.50. The molecule has 0 N–H and O–H groups in total. The molecule has 0 aliphatic carbocycles. The Bertz CT molecular complexity index is 498. The largest absolute Gasteiger partial charge is 0.143 e. The Hall–Kier alpha value is -0.510. The average molecular weight is 236 g/mol. The van der Waals surface area contributed by atoms with Gasteiger partial charge in [0.15, 0.2) is 0 Å². The van der Waals surface area contributed by atoms with Crippen LogP contribution in [0, 0.1) is 0 Å². The van der Waals surface area contributed by atoms with Gasteiger partial charge in [0.05, 0.1) is 4.20 Å². The van der Waals surface area contributed by atoms with E-state index in [1.165, 1.54) is 0 Å². The zero-order valence-electron chi connectivity index (χ0n) is 7.27. The lowest BCUT2D eigenvalue weighted by atomic mass is 10.1. The van der Waals surface area contributed by atoms with Crippen molar-refractivity contribution in [2.75, 3.05) is 0 Å². The van der Waals surface area contributed by atoms with Crippen LogP contribution >= 0.6 is 37.5 Å². The van der Waals surface area contributed by atoms with Gasteiger partial charge in [-0.15, -0.1) is 25.3 Å². The molecule has 0 fully saturated rings. The molecule has 14 heavy (non-hydrogen) atoms. The van der Waals surface area contributed by atoms with Gasteiger partial charge in [0.2, 0.25) is 0 Å². The highest BCUT2D eigenvalue weighted by molar-refractivity contribution is 8.11. The summed E-state index contributed by atoms with van der Waals surface area (Å²) < 4.78 is 0.608. The van der Waals surface area contributed by atoms with Crippen LogP contribution < -0.4 is 0 Å². The fourth-order valence-corrected chi connectivity index (χ4v) is 2.19. The predicted octanol–water partition coefficient (Wildman–Crippen LogP) is 3.73. The normalized spacial score (nSPS) is 10.4. The van der Waals surface area contributed by atoms with Gasteiger partial charge in [-0.2, -0.15) is 0 Å². The minimum Gasteiger partial charge on any atom is -0.143 e. The Balaban J connectivity index is 2.91. The van der Waals surface area contributed by atoms with E-state index in [0.29, 0.717) is 4.20 Å². The van der Waals surface area contributed by atoms with Crippen molar-refractivity contribution in [1.29, 1.82) is 0 Å². The summed E-state index contributed by atoms with van der Waals surface area (Å²) in [6.45, 7) is 0. The Morgan fingerprint density at radius 1 is 1.07 bits per heavy atom. The summed E-state index contributed by atoms with van der Waals surface area (Å²) in [5, 5.41) is 2.23. The monoisotopic (exact) mass is 236 g/mol. The molecule has 3 heteroatoms. The van der Waals surface area contributed by atoms with Crippen LogP contribution in [0.5, 0.6) is 0 Å². The fraction of sp³-hybridized carbons (Fsp3) is 0. The first-order valence-electron chi connectivity index (χ1n) is 4.14. The first-order chi connectivity index (χ1) is 6.70. The molecule has 0 aliphatic heterocycles. The van der Waals surface area contributed by atoms with Gasteiger partial charge >= 0.3 is 0 Å². The molecule has 0 amide bonds. The first kappa shape index (κ1) is 10.0. The number of rotatable bonds is 1. The Labute approximate surface area is 99.1 Å². The summed E-state index contributed by atoms with van der Waals surface area (Å²) in [5.74, 6) is 0. The van der Waals surface area contributed by atoms with Gasteiger partial charge in [-0.3, -0.25) is 0 Å². The van der Waals surface area contributed by atoms with E-state index in [1.54, 1.807) is 0 Å². The van der Waals surface area contributed by atoms with E-state index in [9.17, 15) is 0 Å². The number of benzene rings is 2. The number of fused-ring (bicyclic) bond motifs is 1. The van der Waals surface area contributed by atoms with Gasteiger partial charge < -0.3 is 0 Å². The summed E-state index contributed by atoms with van der Waals surface area (Å²) in [6, 6.07) is 12.0. The van der Waals surface area contributed by atoms with Crippen LogP contribution in [0.3, 0.4) is 0 Å². The SMILES string of the molecule is S=C(S)c1cccc2cccc(S)c12. The summed E-state index contributed by atoms with van der Waals surface area (Å²) in [5.41, 5.74) is 0.978. The second-order valence-electron chi connectivity index (χ2n) is 2.99. The lowest BCUT2D eigenvalue weighted by molar-refractivity contribution is 1.55. The second kappa shape index (κ2) is 3.93. The van der Waals surface area contributed by atoms with E-state index >= 15 is 0 Å². The molecular formula is C11H8S3. The van der Waals surface area contributed by atoms with Crippen molar-refractivity contribution in [2.24, 2.45) is 0 Å². The van der Waals surface area contributed by atoms with Crippen molar-refractivity contribution in [2.45, 2.75) is 4.90 Å². The molecule has 2 aromatic rings. The Morgan fingerprint density at radius 2 is 1.71 bits per heavy atom. The third-order valence-electron chi connectivity index (χ3n) is 2.11. The molecule has 0 nitrogen and oxygen atoms in total. The van der Waals surface area contributed by atoms with E-state index in [4.69, 9.17) is 12.2 Å². The van der Waals surface area contributed by atoms with Gasteiger partial charge in [-0.1, -0.05) is 42.5 Å². The maximum absolute atomic E-state index is 5.08. The van der Waals surface area contributed by atoms with E-state index in [-0.39, 0.29) is 0 Å². The Kier molecular flexibility index (Phi) is 2.81. The molecule has 70 valence electrons. The molecule has 0 aromatic heterocycles. The molecule has 0 radical (unpaired) electrons. The summed E-state index contributed by atoms with van der Waals surface area (Å²) in [4.78, 5) is 0.939. The highest BCUT2D eigenvalue weighted by Crippen LogP contribution is 2.26. The first-order valence-corrected chi connectivity index (χ1v) is 5.44. The van der Waals surface area contributed by atoms with E-state index < -0.39 is 0 Å². The van der Waals surface area contributed by atoms with Gasteiger partial charge in [-0.05, 0) is 11.5 Å². The van der Waals surface area contributed by atoms with Crippen molar-refractivity contribution in [3.63, 3.8) is 0 Å². The van der Waals surface area contributed by atoms with Crippen molar-refractivity contribution >= 4 is 52.4 Å². The smallest absolute Gasteiger partial charge is 0.0754 e. The zero-order valence-corrected chi connectivity index (χ0v) is 9.87. The minimum atomic E-state index is 0.608. The van der Waals surface area contributed by atoms with Gasteiger partial charge in [0.1, 0.15) is 0 Å². The van der Waals surface area contributed by atoms with Crippen LogP contribution in [0.2, 0.25) is 0 Å². The second-order valence-corrected chi connectivity index (χ2v) is 4.63. The average Bonchev–Trinajstić information content (AvgIpc) is 2.17. The van der Waals surface area contributed by atoms with E-state index in [1.807, 2.05) is 36.4 Å². The quantitative estimate of drug-likeness (QED) is 0.562. The highest BCUT2D eigenvalue weighted by Gasteiger charge is 2.05. The van der Waals surface area contributed by atoms with Crippen LogP contribution in [-0.4, -0.2) is 4.20 Å². The molecule has 0 spiro atoms. The standard InChI is InChI=1S/C11H8S3/c12-9-6-2-4-7-3-1-5-8(10(7)9)11(13)14/h1-6,12H,(H,13,14). The highest BCUT2D eigenvalue weighted by atomic mass is 32.1. The van der Waals surface area contributed by atoms with Crippen LogP contribution in [0.1, 0.15) is 5.56 Å². The van der Waals surface area contributed by atoms with Crippen molar-refractivity contribution in [1.82, 2.24) is 0 Å². The maximum Gasteiger partial charge on any atom is 0.0754 e. The van der Waals surface area contributed by atoms with Crippen molar-refractivity contribution in [3.05, 3.63) is 42.0 Å². The van der Waals surface area contributed by atoms with E-state index in [2.05, 4.69) is 25.3 Å². The molecule has 2 rings (SSSR count). The molecule has 0 heterocycles. The van der Waals surface area contributed by atoms with Gasteiger partial charge in [0, 0.05) is 15.8 Å². The Morgan fingerprint density at radius 3 is 2.36 bits per heavy atom. The van der Waals surface area contributed by atoms with E-state index in [0.717, 1.165) is 21.2 Å². The van der Waals surface area contributed by atoms with Crippen LogP contribution in [0.4, 0.5) is 0 Å². The molecule has 0 saturated carbocycles. The third-order valence-corrected chi connectivity index (χ3v) is 2.95. The molecule has 0 bridgehead atoms. The molecule has 0 saturated heterocycles. The minimum absolute atomic E-state index is 0.608. The lowest BCUT2D eigenvalue weighted by Crippen LogP contribution is -1.89. The van der Waals surface area contributed by atoms with Gasteiger partial charge in [0.25, 0.3) is 0 Å². The molecule has 0 unspecified atom stereocenters. The molecule has 0 aliphatic rings. The van der Waals surface area contributed by atoms with Crippen LogP contribution in [0.25, 0.3) is 10.8 Å². The number of hydrogen-bond donors (Lipinski definition) is 2. The van der Waals surface area contributed by atoms with Crippen molar-refractivity contribution in [3.8, 4) is 0 Å². The van der Waals surface area contributed by atoms with Crippen molar-refractivity contribution < 1.29 is 0 Å². The number of thiocarbonyl (C=S) groups is 1. The summed E-state index contributed by atoms with van der Waals surface area (Å²) >= 11 is 13.7. The number of hydrogen-bond acceptors (Lipinski definition) is 2. The molecule has 0 atom stereocenters. The summed E-state index contributed by atoms with van der Waals surface area (Å²) in [6.07, 6.45) is 0. The number of thiol groups is 2. The van der Waals surface area contributed by atoms with Gasteiger partial charge in [-0.25, -0.2) is 0 Å². The van der Waals surface area contributed by atoms with Crippen LogP contribution in [-0.2, 0) is 0 Å². The lowest BCUT2D eigenvalue weighted by Gasteiger charge is -2.06. The summed E-state index contributed by atoms with van der Waals surface area (Å²) in [7, 11) is 0. The maximum atomic E-state index is 5.08. The molecule has 2 aromatic carbocycles. The molecular weight excluding hydrogens is 228 g/mol. The predicted molar refractivity (Wildman–Crippen MR) is 71.9 cm³/mol. The topological polar surface area (TPSA) is 0 Å².